The van der Waals surface area contributed by atoms with Gasteiger partial charge in [0, 0.05) is 30.7 Å². The van der Waals surface area contributed by atoms with Crippen molar-refractivity contribution in [3.63, 3.8) is 0 Å². The minimum Gasteiger partial charge on any atom is -0.467 e. The first-order valence-corrected chi connectivity index (χ1v) is 8.36. The topological polar surface area (TPSA) is 86.1 Å². The number of unbranched alkanes of at least 4 members (excludes halogenated alkanes) is 2. The molecule has 23 heavy (non-hydrogen) atoms. The lowest BCUT2D eigenvalue weighted by Gasteiger charge is -2.14. The highest BCUT2D eigenvalue weighted by atomic mass is 32.1. The second kappa shape index (κ2) is 9.04. The maximum Gasteiger partial charge on any atom is 0.334 e. The summed E-state index contributed by atoms with van der Waals surface area (Å²) in [7, 11) is 1.30. The lowest BCUT2D eigenvalue weighted by molar-refractivity contribution is -0.145. The van der Waals surface area contributed by atoms with E-state index in [0.29, 0.717) is 12.1 Å². The summed E-state index contributed by atoms with van der Waals surface area (Å²) in [6.45, 7) is 0.894. The van der Waals surface area contributed by atoms with Crippen LogP contribution in [0.25, 0.3) is 0 Å². The number of nitrogens with zero attached hydrogens (tertiary/aromatic N) is 3. The van der Waals surface area contributed by atoms with Crippen LogP contribution >= 0.6 is 11.3 Å². The Hall–Kier alpha value is -2.22. The summed E-state index contributed by atoms with van der Waals surface area (Å²) in [5.41, 5.74) is 2.13. The summed E-state index contributed by atoms with van der Waals surface area (Å²) in [5.74, 6) is -0.680. The largest absolute Gasteiger partial charge is 0.467 e. The van der Waals surface area contributed by atoms with Crippen molar-refractivity contribution in [1.82, 2.24) is 19.9 Å². The van der Waals surface area contributed by atoms with Crippen LogP contribution < -0.4 is 5.32 Å². The molecule has 0 saturated carbocycles. The Labute approximate surface area is 138 Å². The van der Waals surface area contributed by atoms with Crippen molar-refractivity contribution in [3.8, 4) is 0 Å². The monoisotopic (exact) mass is 336 g/mol. The summed E-state index contributed by atoms with van der Waals surface area (Å²) in [6, 6.07) is -0.829. The number of thiazole rings is 1. The Morgan fingerprint density at radius 2 is 2.26 bits per heavy atom. The fraction of sp³-hybridized carbons (Fsp3) is 0.467. The van der Waals surface area contributed by atoms with E-state index in [0.717, 1.165) is 25.8 Å². The molecule has 0 aromatic carbocycles. The average Bonchev–Trinajstić information content (AvgIpc) is 3.25. The number of rotatable bonds is 9. The van der Waals surface area contributed by atoms with Crippen LogP contribution in [-0.4, -0.2) is 33.5 Å². The molecular formula is C15H20N4O3S. The number of ether oxygens (including phenoxy) is 1. The van der Waals surface area contributed by atoms with Gasteiger partial charge >= 0.3 is 5.97 Å². The van der Waals surface area contributed by atoms with Crippen molar-refractivity contribution in [2.45, 2.75) is 38.3 Å². The van der Waals surface area contributed by atoms with E-state index in [1.54, 1.807) is 23.4 Å². The molecule has 2 rings (SSSR count). The third-order valence-electron chi connectivity index (χ3n) is 3.37. The molecule has 1 atom stereocenters. The molecule has 8 heteroatoms. The Morgan fingerprint density at radius 3 is 2.91 bits per heavy atom. The van der Waals surface area contributed by atoms with Crippen molar-refractivity contribution in [2.24, 2.45) is 0 Å². The SMILES string of the molecule is COC(=O)C(NC(=O)CCCCCn1ccnc1)c1cscn1. The van der Waals surface area contributed by atoms with Gasteiger partial charge < -0.3 is 14.6 Å². The maximum atomic E-state index is 12.0. The number of aryl methyl sites for hydroxylation is 1. The zero-order chi connectivity index (χ0) is 16.5. The van der Waals surface area contributed by atoms with Gasteiger partial charge in [0.1, 0.15) is 0 Å². The third-order valence-corrected chi connectivity index (χ3v) is 3.97. The zero-order valence-electron chi connectivity index (χ0n) is 13.0. The van der Waals surface area contributed by atoms with Crippen LogP contribution in [0, 0.1) is 0 Å². The lowest BCUT2D eigenvalue weighted by atomic mass is 10.1. The molecule has 124 valence electrons. The van der Waals surface area contributed by atoms with E-state index >= 15 is 0 Å². The van der Waals surface area contributed by atoms with E-state index in [1.165, 1.54) is 18.4 Å². The minimum absolute atomic E-state index is 0.170. The normalized spacial score (nSPS) is 11.9. The molecule has 0 bridgehead atoms. The number of carbonyl (C=O) groups excluding carboxylic acids is 2. The number of esters is 1. The molecule has 2 aromatic heterocycles. The van der Waals surface area contributed by atoms with Gasteiger partial charge in [0.2, 0.25) is 5.91 Å². The van der Waals surface area contributed by atoms with E-state index in [1.807, 2.05) is 10.8 Å². The van der Waals surface area contributed by atoms with E-state index in [9.17, 15) is 9.59 Å². The van der Waals surface area contributed by atoms with Crippen LogP contribution in [0.4, 0.5) is 0 Å². The predicted molar refractivity (Wildman–Crippen MR) is 85.7 cm³/mol. The molecule has 1 N–H and O–H groups in total. The molecule has 0 fully saturated rings. The van der Waals surface area contributed by atoms with Crippen molar-refractivity contribution in [3.05, 3.63) is 35.3 Å². The van der Waals surface area contributed by atoms with Gasteiger partial charge in [-0.2, -0.15) is 0 Å². The minimum atomic E-state index is -0.829. The number of nitrogens with one attached hydrogen (secondary N) is 1. The molecule has 0 aliphatic heterocycles. The van der Waals surface area contributed by atoms with Crippen molar-refractivity contribution >= 4 is 23.2 Å². The van der Waals surface area contributed by atoms with Crippen LogP contribution in [0.15, 0.2) is 29.6 Å². The number of hydrogen-bond acceptors (Lipinski definition) is 6. The predicted octanol–water partition coefficient (Wildman–Crippen LogP) is 1.93. The van der Waals surface area contributed by atoms with Gasteiger partial charge in [-0.1, -0.05) is 6.42 Å². The summed E-state index contributed by atoms with van der Waals surface area (Å²) < 4.78 is 6.73. The zero-order valence-corrected chi connectivity index (χ0v) is 13.8. The molecule has 0 aliphatic carbocycles. The number of amides is 1. The first kappa shape index (κ1) is 17.1. The van der Waals surface area contributed by atoms with Gasteiger partial charge in [-0.05, 0) is 12.8 Å². The fourth-order valence-electron chi connectivity index (χ4n) is 2.14. The van der Waals surface area contributed by atoms with Gasteiger partial charge in [-0.3, -0.25) is 4.79 Å². The average molecular weight is 336 g/mol. The highest BCUT2D eigenvalue weighted by molar-refractivity contribution is 7.07. The van der Waals surface area contributed by atoms with Crippen molar-refractivity contribution in [2.75, 3.05) is 7.11 Å². The van der Waals surface area contributed by atoms with Gasteiger partial charge in [-0.25, -0.2) is 14.8 Å². The summed E-state index contributed by atoms with van der Waals surface area (Å²) >= 11 is 1.37. The van der Waals surface area contributed by atoms with Gasteiger partial charge in [0.25, 0.3) is 0 Å². The Morgan fingerprint density at radius 1 is 1.39 bits per heavy atom. The van der Waals surface area contributed by atoms with E-state index in [4.69, 9.17) is 4.74 Å². The number of aromatic nitrogens is 3. The molecule has 0 aliphatic rings. The van der Waals surface area contributed by atoms with E-state index in [2.05, 4.69) is 15.3 Å². The van der Waals surface area contributed by atoms with E-state index in [-0.39, 0.29) is 5.91 Å². The van der Waals surface area contributed by atoms with Crippen LogP contribution in [0.2, 0.25) is 0 Å². The Bertz CT molecular complexity index is 598. The van der Waals surface area contributed by atoms with Crippen molar-refractivity contribution in [1.29, 1.82) is 0 Å². The van der Waals surface area contributed by atoms with Crippen molar-refractivity contribution < 1.29 is 14.3 Å². The second-order valence-electron chi connectivity index (χ2n) is 5.05. The second-order valence-corrected chi connectivity index (χ2v) is 5.77. The Kier molecular flexibility index (Phi) is 6.74. The maximum absolute atomic E-state index is 12.0. The van der Waals surface area contributed by atoms with Gasteiger partial charge in [-0.15, -0.1) is 11.3 Å². The molecule has 0 spiro atoms. The van der Waals surface area contributed by atoms with Crippen LogP contribution in [0.5, 0.6) is 0 Å². The summed E-state index contributed by atoms with van der Waals surface area (Å²) in [6.07, 6.45) is 8.51. The molecule has 0 saturated heterocycles. The number of hydrogen-bond donors (Lipinski definition) is 1. The molecule has 2 heterocycles. The summed E-state index contributed by atoms with van der Waals surface area (Å²) in [4.78, 5) is 31.8. The Balaban J connectivity index is 1.70. The van der Waals surface area contributed by atoms with Crippen LogP contribution in [-0.2, 0) is 20.9 Å². The van der Waals surface area contributed by atoms with Gasteiger partial charge in [0.15, 0.2) is 6.04 Å². The van der Waals surface area contributed by atoms with Crippen LogP contribution in [0.3, 0.4) is 0 Å². The molecule has 7 nitrogen and oxygen atoms in total. The molecular weight excluding hydrogens is 316 g/mol. The highest BCUT2D eigenvalue weighted by Gasteiger charge is 2.24. The van der Waals surface area contributed by atoms with E-state index < -0.39 is 12.0 Å². The molecule has 0 radical (unpaired) electrons. The number of imidazole rings is 1. The molecule has 1 amide bonds. The third kappa shape index (κ3) is 5.48. The smallest absolute Gasteiger partial charge is 0.334 e. The lowest BCUT2D eigenvalue weighted by Crippen LogP contribution is -2.34. The standard InChI is InChI=1S/C15H20N4O3S/c1-22-15(21)14(12-9-23-11-17-12)18-13(20)5-3-2-4-7-19-8-6-16-10-19/h6,8-11,14H,2-5,7H2,1H3,(H,18,20). The highest BCUT2D eigenvalue weighted by Crippen LogP contribution is 2.15. The summed E-state index contributed by atoms with van der Waals surface area (Å²) in [5, 5.41) is 4.42. The fourth-order valence-corrected chi connectivity index (χ4v) is 2.72. The number of methoxy groups -OCH3 is 1. The first-order valence-electron chi connectivity index (χ1n) is 7.41. The van der Waals surface area contributed by atoms with Gasteiger partial charge in [0.05, 0.1) is 24.6 Å². The molecule has 1 unspecified atom stereocenters. The quantitative estimate of drug-likeness (QED) is 0.558. The molecule has 2 aromatic rings. The first-order chi connectivity index (χ1) is 11.2. The number of carbonyl (C=O) groups is 2. The van der Waals surface area contributed by atoms with Crippen LogP contribution in [0.1, 0.15) is 37.4 Å².